The van der Waals surface area contributed by atoms with Gasteiger partial charge in [-0.2, -0.15) is 4.98 Å². The van der Waals surface area contributed by atoms with E-state index in [0.29, 0.717) is 29.2 Å². The first-order chi connectivity index (χ1) is 16.2. The maximum absolute atomic E-state index is 13.6. The molecule has 0 spiro atoms. The van der Waals surface area contributed by atoms with Crippen LogP contribution in [0.15, 0.2) is 58.2 Å². The largest absolute Gasteiger partial charge is 0.338 e. The van der Waals surface area contributed by atoms with E-state index in [2.05, 4.69) is 25.2 Å². The van der Waals surface area contributed by atoms with Crippen molar-refractivity contribution in [3.63, 3.8) is 0 Å². The maximum Gasteiger partial charge on any atom is 0.237 e. The van der Waals surface area contributed by atoms with Gasteiger partial charge in [-0.15, -0.1) is 10.2 Å². The summed E-state index contributed by atoms with van der Waals surface area (Å²) in [6.07, 6.45) is 3.68. The average molecular weight is 465 g/mol. The Bertz CT molecular complexity index is 1220. The number of aromatic nitrogens is 5. The van der Waals surface area contributed by atoms with Crippen LogP contribution in [0, 0.1) is 12.7 Å². The molecule has 33 heavy (non-hydrogen) atoms. The van der Waals surface area contributed by atoms with Gasteiger partial charge < -0.3 is 4.52 Å². The second-order valence-corrected chi connectivity index (χ2v) is 9.16. The molecule has 0 bridgehead atoms. The van der Waals surface area contributed by atoms with Crippen molar-refractivity contribution >= 4 is 11.8 Å². The summed E-state index contributed by atoms with van der Waals surface area (Å²) >= 11 is 1.47. The third-order valence-corrected chi connectivity index (χ3v) is 6.58. The zero-order valence-electron chi connectivity index (χ0n) is 18.4. The Balaban J connectivity index is 1.37. The number of thioether (sulfide) groups is 1. The fraction of sp³-hybridized carbons (Fsp3) is 0.333. The van der Waals surface area contributed by atoms with Crippen molar-refractivity contribution in [2.45, 2.75) is 43.6 Å². The minimum absolute atomic E-state index is 0.270. The van der Waals surface area contributed by atoms with Gasteiger partial charge in [0.2, 0.25) is 11.7 Å². The normalized spacial score (nSPS) is 14.6. The van der Waals surface area contributed by atoms with E-state index >= 15 is 0 Å². The molecule has 1 saturated heterocycles. The van der Waals surface area contributed by atoms with Crippen molar-refractivity contribution in [3.05, 3.63) is 71.6 Å². The highest BCUT2D eigenvalue weighted by Crippen LogP contribution is 2.27. The van der Waals surface area contributed by atoms with Crippen LogP contribution in [0.3, 0.4) is 0 Å². The summed E-state index contributed by atoms with van der Waals surface area (Å²) < 4.78 is 21.0. The Morgan fingerprint density at radius 1 is 1.03 bits per heavy atom. The molecule has 7 nitrogen and oxygen atoms in total. The first kappa shape index (κ1) is 21.8. The van der Waals surface area contributed by atoms with Crippen LogP contribution in [0.25, 0.3) is 17.1 Å². The van der Waals surface area contributed by atoms with Gasteiger partial charge in [0.15, 0.2) is 11.0 Å². The number of hydrogen-bond donors (Lipinski definition) is 0. The summed E-state index contributed by atoms with van der Waals surface area (Å²) in [4.78, 5) is 6.93. The molecule has 0 amide bonds. The van der Waals surface area contributed by atoms with Gasteiger partial charge in [-0.3, -0.25) is 9.47 Å². The lowest BCUT2D eigenvalue weighted by Gasteiger charge is -2.26. The number of piperidine rings is 1. The van der Waals surface area contributed by atoms with Gasteiger partial charge in [0.1, 0.15) is 5.82 Å². The number of likely N-dealkylation sites (tertiary alicyclic amines) is 1. The minimum Gasteiger partial charge on any atom is -0.338 e. The fourth-order valence-corrected chi connectivity index (χ4v) is 4.81. The smallest absolute Gasteiger partial charge is 0.237 e. The Labute approximate surface area is 196 Å². The van der Waals surface area contributed by atoms with E-state index in [0.717, 1.165) is 35.7 Å². The second kappa shape index (κ2) is 9.84. The van der Waals surface area contributed by atoms with Gasteiger partial charge in [-0.05, 0) is 63.2 Å². The highest BCUT2D eigenvalue weighted by molar-refractivity contribution is 7.98. The van der Waals surface area contributed by atoms with Gasteiger partial charge >= 0.3 is 0 Å². The molecular formula is C24H25FN6OS. The lowest BCUT2D eigenvalue weighted by atomic mass is 10.1. The standard InChI is InChI=1S/C24H25FN6OS/c1-17-6-5-7-18(14-17)23-26-22(32-29-23)16-33-24-28-27-21(15-30-12-3-2-4-13-30)31(24)20-10-8-19(25)9-11-20/h5-11,14H,2-4,12-13,15-16H2,1H3. The molecule has 0 N–H and O–H groups in total. The predicted octanol–water partition coefficient (Wildman–Crippen LogP) is 5.04. The molecular weight excluding hydrogens is 439 g/mol. The Morgan fingerprint density at radius 2 is 1.85 bits per heavy atom. The number of rotatable bonds is 7. The molecule has 170 valence electrons. The number of nitrogens with zero attached hydrogens (tertiary/aromatic N) is 6. The molecule has 0 aliphatic carbocycles. The maximum atomic E-state index is 13.6. The average Bonchev–Trinajstić information content (AvgIpc) is 3.46. The molecule has 0 atom stereocenters. The van der Waals surface area contributed by atoms with E-state index in [1.807, 2.05) is 35.8 Å². The molecule has 0 radical (unpaired) electrons. The number of hydrogen-bond acceptors (Lipinski definition) is 7. The van der Waals surface area contributed by atoms with E-state index in [9.17, 15) is 4.39 Å². The number of benzene rings is 2. The molecule has 1 aliphatic rings. The van der Waals surface area contributed by atoms with Crippen LogP contribution in [-0.2, 0) is 12.3 Å². The number of aryl methyl sites for hydroxylation is 1. The van der Waals surface area contributed by atoms with Crippen LogP contribution < -0.4 is 0 Å². The summed E-state index contributed by atoms with van der Waals surface area (Å²) in [6.45, 7) is 4.86. The molecule has 5 rings (SSSR count). The molecule has 1 fully saturated rings. The van der Waals surface area contributed by atoms with Crippen molar-refractivity contribution in [2.75, 3.05) is 13.1 Å². The van der Waals surface area contributed by atoms with Gasteiger partial charge in [-0.25, -0.2) is 4.39 Å². The summed E-state index contributed by atoms with van der Waals surface area (Å²) in [5.41, 5.74) is 2.90. The molecule has 1 aliphatic heterocycles. The third-order valence-electron chi connectivity index (χ3n) is 5.67. The zero-order chi connectivity index (χ0) is 22.6. The topological polar surface area (TPSA) is 72.9 Å². The zero-order valence-corrected chi connectivity index (χ0v) is 19.3. The Kier molecular flexibility index (Phi) is 6.50. The van der Waals surface area contributed by atoms with E-state index in [1.165, 1.54) is 43.2 Å². The monoisotopic (exact) mass is 464 g/mol. The fourth-order valence-electron chi connectivity index (χ4n) is 4.00. The first-order valence-electron chi connectivity index (χ1n) is 11.1. The van der Waals surface area contributed by atoms with Crippen LogP contribution in [0.1, 0.15) is 36.5 Å². The highest BCUT2D eigenvalue weighted by Gasteiger charge is 2.20. The van der Waals surface area contributed by atoms with E-state index in [-0.39, 0.29) is 5.82 Å². The summed E-state index contributed by atoms with van der Waals surface area (Å²) in [5, 5.41) is 13.7. The van der Waals surface area contributed by atoms with Crippen LogP contribution in [0.2, 0.25) is 0 Å². The van der Waals surface area contributed by atoms with Crippen molar-refractivity contribution < 1.29 is 8.91 Å². The third kappa shape index (κ3) is 5.15. The van der Waals surface area contributed by atoms with Crippen LogP contribution in [0.4, 0.5) is 4.39 Å². The lowest BCUT2D eigenvalue weighted by molar-refractivity contribution is 0.214. The lowest BCUT2D eigenvalue weighted by Crippen LogP contribution is -2.30. The molecule has 3 heterocycles. The van der Waals surface area contributed by atoms with Gasteiger partial charge in [0.05, 0.1) is 12.3 Å². The van der Waals surface area contributed by atoms with Crippen molar-refractivity contribution in [3.8, 4) is 17.1 Å². The number of halogens is 1. The summed E-state index contributed by atoms with van der Waals surface area (Å²) in [7, 11) is 0. The van der Waals surface area contributed by atoms with Gasteiger partial charge in [-0.1, -0.05) is 47.1 Å². The van der Waals surface area contributed by atoms with Crippen LogP contribution >= 0.6 is 11.8 Å². The summed E-state index contributed by atoms with van der Waals surface area (Å²) in [6, 6.07) is 14.4. The van der Waals surface area contributed by atoms with Crippen molar-refractivity contribution in [2.24, 2.45) is 0 Å². The van der Waals surface area contributed by atoms with Crippen LogP contribution in [0.5, 0.6) is 0 Å². The van der Waals surface area contributed by atoms with Crippen LogP contribution in [-0.4, -0.2) is 42.9 Å². The highest BCUT2D eigenvalue weighted by atomic mass is 32.2. The van der Waals surface area contributed by atoms with E-state index in [1.54, 1.807) is 12.1 Å². The second-order valence-electron chi connectivity index (χ2n) is 8.22. The molecule has 0 saturated carbocycles. The molecule has 4 aromatic rings. The Hall–Kier alpha value is -3.04. The summed E-state index contributed by atoms with van der Waals surface area (Å²) in [5.74, 6) is 2.12. The molecule has 2 aromatic heterocycles. The van der Waals surface area contributed by atoms with E-state index < -0.39 is 0 Å². The van der Waals surface area contributed by atoms with Crippen molar-refractivity contribution in [1.82, 2.24) is 29.8 Å². The quantitative estimate of drug-likeness (QED) is 0.355. The first-order valence-corrected chi connectivity index (χ1v) is 12.1. The van der Waals surface area contributed by atoms with Gasteiger partial charge in [0, 0.05) is 11.3 Å². The molecule has 9 heteroatoms. The van der Waals surface area contributed by atoms with Gasteiger partial charge in [0.25, 0.3) is 0 Å². The molecule has 2 aromatic carbocycles. The Morgan fingerprint density at radius 3 is 2.64 bits per heavy atom. The minimum atomic E-state index is -0.270. The SMILES string of the molecule is Cc1cccc(-c2noc(CSc3nnc(CN4CCCCC4)n3-c3ccc(F)cc3)n2)c1. The predicted molar refractivity (Wildman–Crippen MR) is 124 cm³/mol. The molecule has 0 unspecified atom stereocenters. The van der Waals surface area contributed by atoms with Crippen molar-refractivity contribution in [1.29, 1.82) is 0 Å². The van der Waals surface area contributed by atoms with E-state index in [4.69, 9.17) is 4.52 Å².